The molecule has 0 aliphatic carbocycles. The van der Waals surface area contributed by atoms with Gasteiger partial charge in [-0.15, -0.1) is 0 Å². The van der Waals surface area contributed by atoms with E-state index < -0.39 is 0 Å². The number of para-hydroxylation sites is 1. The number of benzene rings is 2. The number of rotatable bonds is 3. The molecule has 0 unspecified atom stereocenters. The quantitative estimate of drug-likeness (QED) is 0.896. The Morgan fingerprint density at radius 3 is 2.55 bits per heavy atom. The van der Waals surface area contributed by atoms with Gasteiger partial charge in [-0.3, -0.25) is 4.79 Å². The van der Waals surface area contributed by atoms with Gasteiger partial charge in [0.1, 0.15) is 6.07 Å². The fourth-order valence-corrected chi connectivity index (χ4v) is 1.97. The molecule has 0 heterocycles. The van der Waals surface area contributed by atoms with Crippen LogP contribution in [0.1, 0.15) is 21.5 Å². The number of anilines is 2. The number of hydrogen-bond donors (Lipinski definition) is 2. The zero-order valence-electron chi connectivity index (χ0n) is 11.4. The molecule has 20 heavy (non-hydrogen) atoms. The molecule has 4 heteroatoms. The monoisotopic (exact) mass is 265 g/mol. The van der Waals surface area contributed by atoms with E-state index in [0.717, 1.165) is 11.3 Å². The Hall–Kier alpha value is -2.80. The maximum absolute atomic E-state index is 12.2. The summed E-state index contributed by atoms with van der Waals surface area (Å²) in [4.78, 5) is 12.2. The van der Waals surface area contributed by atoms with Gasteiger partial charge in [0.25, 0.3) is 5.91 Å². The van der Waals surface area contributed by atoms with Crippen molar-refractivity contribution in [2.24, 2.45) is 0 Å². The van der Waals surface area contributed by atoms with Crippen LogP contribution in [0.3, 0.4) is 0 Å². The Morgan fingerprint density at radius 1 is 1.15 bits per heavy atom. The first-order chi connectivity index (χ1) is 9.65. The molecule has 4 nitrogen and oxygen atoms in total. The highest BCUT2D eigenvalue weighted by atomic mass is 16.1. The number of amides is 1. The summed E-state index contributed by atoms with van der Waals surface area (Å²) in [7, 11) is 1.84. The summed E-state index contributed by atoms with van der Waals surface area (Å²) in [5, 5.41) is 14.8. The van der Waals surface area contributed by atoms with E-state index >= 15 is 0 Å². The van der Waals surface area contributed by atoms with Crippen molar-refractivity contribution in [3.8, 4) is 6.07 Å². The lowest BCUT2D eigenvalue weighted by Crippen LogP contribution is -2.13. The molecule has 100 valence electrons. The fraction of sp³-hybridized carbons (Fsp3) is 0.125. The second kappa shape index (κ2) is 5.89. The van der Waals surface area contributed by atoms with Gasteiger partial charge in [-0.1, -0.05) is 12.1 Å². The first-order valence-electron chi connectivity index (χ1n) is 6.24. The molecule has 0 spiro atoms. The Balaban J connectivity index is 2.25. The number of nitrogens with one attached hydrogen (secondary N) is 2. The molecule has 2 aromatic carbocycles. The predicted molar refractivity (Wildman–Crippen MR) is 79.8 cm³/mol. The van der Waals surface area contributed by atoms with Crippen LogP contribution in [0.15, 0.2) is 42.5 Å². The topological polar surface area (TPSA) is 64.9 Å². The van der Waals surface area contributed by atoms with E-state index in [1.165, 1.54) is 0 Å². The van der Waals surface area contributed by atoms with Crippen LogP contribution >= 0.6 is 0 Å². The van der Waals surface area contributed by atoms with Crippen molar-refractivity contribution < 1.29 is 4.79 Å². The van der Waals surface area contributed by atoms with Gasteiger partial charge in [-0.2, -0.15) is 5.26 Å². The maximum atomic E-state index is 12.2. The normalized spacial score (nSPS) is 9.65. The van der Waals surface area contributed by atoms with Crippen LogP contribution in [0.4, 0.5) is 11.4 Å². The van der Waals surface area contributed by atoms with Crippen LogP contribution in [0, 0.1) is 18.3 Å². The Kier molecular flexibility index (Phi) is 4.02. The summed E-state index contributed by atoms with van der Waals surface area (Å²) in [6.45, 7) is 1.94. The molecule has 0 aromatic heterocycles. The summed E-state index contributed by atoms with van der Waals surface area (Å²) >= 11 is 0. The summed E-state index contributed by atoms with van der Waals surface area (Å²) in [6.07, 6.45) is 0. The highest BCUT2D eigenvalue weighted by molar-refractivity contribution is 6.05. The summed E-state index contributed by atoms with van der Waals surface area (Å²) in [5.41, 5.74) is 3.52. The fourth-order valence-electron chi connectivity index (χ4n) is 1.97. The standard InChI is InChI=1S/C16H15N3O/c1-11-9-12(7-8-14(11)18-2)16(20)19-15-6-4-3-5-13(15)10-17/h3-9,18H,1-2H3,(H,19,20). The van der Waals surface area contributed by atoms with Crippen LogP contribution in [0.5, 0.6) is 0 Å². The smallest absolute Gasteiger partial charge is 0.255 e. The van der Waals surface area contributed by atoms with E-state index in [0.29, 0.717) is 16.8 Å². The molecule has 0 bridgehead atoms. The zero-order chi connectivity index (χ0) is 14.5. The number of nitriles is 1. The van der Waals surface area contributed by atoms with Crippen LogP contribution in [-0.2, 0) is 0 Å². The van der Waals surface area contributed by atoms with Gasteiger partial charge in [0, 0.05) is 18.3 Å². The van der Waals surface area contributed by atoms with Crippen molar-refractivity contribution in [2.45, 2.75) is 6.92 Å². The van der Waals surface area contributed by atoms with Gasteiger partial charge in [0.15, 0.2) is 0 Å². The van der Waals surface area contributed by atoms with Crippen molar-refractivity contribution in [2.75, 3.05) is 17.7 Å². The van der Waals surface area contributed by atoms with Gasteiger partial charge in [-0.05, 0) is 42.8 Å². The molecule has 0 aliphatic rings. The molecule has 0 saturated carbocycles. The van der Waals surface area contributed by atoms with E-state index in [2.05, 4.69) is 16.7 Å². The summed E-state index contributed by atoms with van der Waals surface area (Å²) in [6, 6.07) is 14.4. The molecular weight excluding hydrogens is 250 g/mol. The molecule has 0 saturated heterocycles. The van der Waals surface area contributed by atoms with E-state index in [9.17, 15) is 4.79 Å². The Labute approximate surface area is 118 Å². The number of aryl methyl sites for hydroxylation is 1. The molecule has 0 aliphatic heterocycles. The maximum Gasteiger partial charge on any atom is 0.255 e. The van der Waals surface area contributed by atoms with Crippen molar-refractivity contribution in [3.63, 3.8) is 0 Å². The number of carbonyl (C=O) groups excluding carboxylic acids is 1. The van der Waals surface area contributed by atoms with Crippen LogP contribution in [0.2, 0.25) is 0 Å². The molecule has 0 fully saturated rings. The van der Waals surface area contributed by atoms with Gasteiger partial charge < -0.3 is 10.6 Å². The van der Waals surface area contributed by atoms with Gasteiger partial charge in [-0.25, -0.2) is 0 Å². The van der Waals surface area contributed by atoms with Crippen LogP contribution < -0.4 is 10.6 Å². The van der Waals surface area contributed by atoms with E-state index in [4.69, 9.17) is 5.26 Å². The predicted octanol–water partition coefficient (Wildman–Crippen LogP) is 3.16. The van der Waals surface area contributed by atoms with E-state index in [-0.39, 0.29) is 5.91 Å². The lowest BCUT2D eigenvalue weighted by molar-refractivity contribution is 0.102. The van der Waals surface area contributed by atoms with E-state index in [1.54, 1.807) is 30.3 Å². The largest absolute Gasteiger partial charge is 0.388 e. The Bertz CT molecular complexity index is 686. The number of nitrogens with zero attached hydrogens (tertiary/aromatic N) is 1. The number of carbonyl (C=O) groups is 1. The van der Waals surface area contributed by atoms with Crippen molar-refractivity contribution >= 4 is 17.3 Å². The van der Waals surface area contributed by atoms with Crippen molar-refractivity contribution in [1.82, 2.24) is 0 Å². The molecule has 1 amide bonds. The van der Waals surface area contributed by atoms with Crippen molar-refractivity contribution in [3.05, 3.63) is 59.2 Å². The van der Waals surface area contributed by atoms with Crippen LogP contribution in [-0.4, -0.2) is 13.0 Å². The Morgan fingerprint density at radius 2 is 1.90 bits per heavy atom. The minimum Gasteiger partial charge on any atom is -0.388 e. The highest BCUT2D eigenvalue weighted by Gasteiger charge is 2.09. The lowest BCUT2D eigenvalue weighted by atomic mass is 10.1. The SMILES string of the molecule is CNc1ccc(C(=O)Nc2ccccc2C#N)cc1C. The summed E-state index contributed by atoms with van der Waals surface area (Å²) in [5.74, 6) is -0.224. The van der Waals surface area contributed by atoms with Gasteiger partial charge in [0.2, 0.25) is 0 Å². The first kappa shape index (κ1) is 13.6. The molecule has 0 radical (unpaired) electrons. The minimum atomic E-state index is -0.224. The third-order valence-electron chi connectivity index (χ3n) is 3.05. The van der Waals surface area contributed by atoms with Crippen molar-refractivity contribution in [1.29, 1.82) is 5.26 Å². The second-order valence-corrected chi connectivity index (χ2v) is 4.39. The number of hydrogen-bond acceptors (Lipinski definition) is 3. The minimum absolute atomic E-state index is 0.224. The highest BCUT2D eigenvalue weighted by Crippen LogP contribution is 2.18. The average molecular weight is 265 g/mol. The average Bonchev–Trinajstić information content (AvgIpc) is 2.47. The van der Waals surface area contributed by atoms with Crippen LogP contribution in [0.25, 0.3) is 0 Å². The molecule has 0 atom stereocenters. The molecule has 2 N–H and O–H groups in total. The summed E-state index contributed by atoms with van der Waals surface area (Å²) < 4.78 is 0. The lowest BCUT2D eigenvalue weighted by Gasteiger charge is -2.09. The third kappa shape index (κ3) is 2.78. The van der Waals surface area contributed by atoms with Gasteiger partial charge >= 0.3 is 0 Å². The second-order valence-electron chi connectivity index (χ2n) is 4.39. The first-order valence-corrected chi connectivity index (χ1v) is 6.24. The van der Waals surface area contributed by atoms with Gasteiger partial charge in [0.05, 0.1) is 11.3 Å². The third-order valence-corrected chi connectivity index (χ3v) is 3.05. The molecular formula is C16H15N3O. The molecule has 2 aromatic rings. The molecule has 2 rings (SSSR count). The zero-order valence-corrected chi connectivity index (χ0v) is 11.4. The van der Waals surface area contributed by atoms with E-state index in [1.807, 2.05) is 26.1 Å².